The Kier molecular flexibility index (Phi) is 11.6. The number of rotatable bonds is 10. The predicted molar refractivity (Wildman–Crippen MR) is 213 cm³/mol. The van der Waals surface area contributed by atoms with Crippen molar-refractivity contribution < 1.29 is 55.0 Å². The van der Waals surface area contributed by atoms with Gasteiger partial charge in [-0.15, -0.1) is 0 Å². The molecule has 2 aliphatic heterocycles. The van der Waals surface area contributed by atoms with E-state index in [2.05, 4.69) is 20.3 Å². The summed E-state index contributed by atoms with van der Waals surface area (Å²) in [5, 5.41) is 6.58. The van der Waals surface area contributed by atoms with Gasteiger partial charge in [-0.3, -0.25) is 19.1 Å². The number of aromatic nitrogens is 1. The van der Waals surface area contributed by atoms with Gasteiger partial charge >= 0.3 is 12.3 Å². The quantitative estimate of drug-likeness (QED) is 0.251. The highest BCUT2D eigenvalue weighted by Gasteiger charge is 2.63. The molecular formula is C42H54F3N5O9S. The minimum atomic E-state index is -4.91. The van der Waals surface area contributed by atoms with Gasteiger partial charge in [-0.05, 0) is 96.0 Å². The molecule has 1 aromatic carbocycles. The van der Waals surface area contributed by atoms with Gasteiger partial charge in [0.1, 0.15) is 29.5 Å². The first kappa shape index (κ1) is 43.5. The monoisotopic (exact) mass is 861 g/mol. The van der Waals surface area contributed by atoms with Crippen molar-refractivity contribution in [2.75, 3.05) is 13.2 Å². The van der Waals surface area contributed by atoms with E-state index in [0.29, 0.717) is 69.6 Å². The topological polar surface area (TPSA) is 182 Å². The van der Waals surface area contributed by atoms with Crippen molar-refractivity contribution in [3.8, 4) is 11.6 Å². The number of amides is 4. The number of fused-ring (bicyclic) bond motifs is 3. The molecule has 18 heteroatoms. The summed E-state index contributed by atoms with van der Waals surface area (Å²) in [7, 11) is -4.08. The first-order chi connectivity index (χ1) is 28.1. The summed E-state index contributed by atoms with van der Waals surface area (Å²) in [5.41, 5.74) is -4.52. The highest BCUT2D eigenvalue weighted by atomic mass is 32.2. The zero-order chi connectivity index (χ0) is 43.4. The minimum absolute atomic E-state index is 0.0352. The van der Waals surface area contributed by atoms with E-state index in [4.69, 9.17) is 14.2 Å². The Morgan fingerprint density at radius 2 is 1.75 bits per heavy atom. The zero-order valence-electron chi connectivity index (χ0n) is 34.5. The fourth-order valence-electron chi connectivity index (χ4n) is 8.04. The number of alkyl halides is 3. The molecule has 3 saturated carbocycles. The highest BCUT2D eigenvalue weighted by Crippen LogP contribution is 2.48. The maximum Gasteiger partial charge on any atom is 0.427 e. The van der Waals surface area contributed by atoms with Crippen LogP contribution in [0.2, 0.25) is 0 Å². The van der Waals surface area contributed by atoms with E-state index in [-0.39, 0.29) is 31.2 Å². The van der Waals surface area contributed by atoms with Gasteiger partial charge in [0, 0.05) is 23.1 Å². The standard InChI is InChI=1S/C42H54F3N5O9S/c1-24-10-6-7-11-27-20-41(27,37(53)49-60(55,56)40(5)16-17-40)48-34(51)31-19-28(58-35-30-13-9-8-12-29(30)32(21-46-35)57-23-26-14-15-26)22-50(31)36(52)33(25(2)18-24)47-38(54)59-39(3,4)42(43,44)45/h7-9,11-13,21,24-28,31,33H,6,10,14-20,22-23H2,1-5H3,(H,47,54)(H,48,51)(H,49,53). The summed E-state index contributed by atoms with van der Waals surface area (Å²) in [6, 6.07) is 4.59. The van der Waals surface area contributed by atoms with Gasteiger partial charge in [0.15, 0.2) is 0 Å². The molecule has 7 rings (SSSR count). The molecule has 3 aliphatic carbocycles. The molecule has 60 heavy (non-hydrogen) atoms. The Morgan fingerprint density at radius 3 is 2.42 bits per heavy atom. The zero-order valence-corrected chi connectivity index (χ0v) is 35.3. The van der Waals surface area contributed by atoms with Crippen molar-refractivity contribution in [3.05, 3.63) is 42.6 Å². The molecule has 0 spiro atoms. The molecule has 2 aromatic rings. The number of sulfonamides is 1. The first-order valence-electron chi connectivity index (χ1n) is 20.7. The van der Waals surface area contributed by atoms with Crippen LogP contribution in [-0.4, -0.2) is 95.5 Å². The van der Waals surface area contributed by atoms with E-state index in [0.717, 1.165) is 18.2 Å². The number of alkyl carbamates (subject to hydrolysis) is 1. The Hall–Kier alpha value is -4.61. The number of hydrogen-bond donors (Lipinski definition) is 3. The Balaban J connectivity index is 1.21. The van der Waals surface area contributed by atoms with E-state index >= 15 is 0 Å². The maximum atomic E-state index is 14.8. The second-order valence-electron chi connectivity index (χ2n) is 18.2. The number of nitrogens with one attached hydrogen (secondary N) is 3. The van der Waals surface area contributed by atoms with Crippen LogP contribution in [0.4, 0.5) is 18.0 Å². The van der Waals surface area contributed by atoms with Crippen molar-refractivity contribution in [1.29, 1.82) is 0 Å². The van der Waals surface area contributed by atoms with Crippen LogP contribution in [0.25, 0.3) is 10.8 Å². The average molecular weight is 862 g/mol. The van der Waals surface area contributed by atoms with Gasteiger partial charge < -0.3 is 29.7 Å². The molecule has 1 aromatic heterocycles. The lowest BCUT2D eigenvalue weighted by atomic mass is 9.88. The summed E-state index contributed by atoms with van der Waals surface area (Å²) in [6.07, 6.45) is 2.47. The van der Waals surface area contributed by atoms with Crippen LogP contribution in [0.15, 0.2) is 42.6 Å². The Morgan fingerprint density at radius 1 is 1.05 bits per heavy atom. The lowest BCUT2D eigenvalue weighted by Crippen LogP contribution is -2.59. The summed E-state index contributed by atoms with van der Waals surface area (Å²) < 4.78 is 86.2. The molecule has 0 radical (unpaired) electrons. The summed E-state index contributed by atoms with van der Waals surface area (Å²) >= 11 is 0. The molecule has 328 valence electrons. The van der Waals surface area contributed by atoms with Gasteiger partial charge in [0.2, 0.25) is 33.3 Å². The van der Waals surface area contributed by atoms with Gasteiger partial charge in [-0.2, -0.15) is 13.2 Å². The van der Waals surface area contributed by atoms with Crippen LogP contribution in [0.5, 0.6) is 11.6 Å². The fourth-order valence-corrected chi connectivity index (χ4v) is 9.35. The third kappa shape index (κ3) is 9.03. The van der Waals surface area contributed by atoms with Crippen LogP contribution >= 0.6 is 0 Å². The lowest BCUT2D eigenvalue weighted by molar-refractivity contribution is -0.244. The number of carbonyl (C=O) groups excluding carboxylic acids is 4. The van der Waals surface area contributed by atoms with E-state index < -0.39 is 85.9 Å². The largest absolute Gasteiger partial charge is 0.491 e. The van der Waals surface area contributed by atoms with E-state index in [1.165, 1.54) is 4.90 Å². The molecule has 3 N–H and O–H groups in total. The fraction of sp³-hybridized carbons (Fsp3) is 0.643. The van der Waals surface area contributed by atoms with Crippen LogP contribution in [0.3, 0.4) is 0 Å². The molecule has 1 saturated heterocycles. The smallest absolute Gasteiger partial charge is 0.427 e. The molecule has 4 amide bonds. The number of pyridine rings is 1. The number of ether oxygens (including phenoxy) is 3. The van der Waals surface area contributed by atoms with Crippen LogP contribution in [0, 0.1) is 23.7 Å². The van der Waals surface area contributed by atoms with Gasteiger partial charge in [0.05, 0.1) is 24.1 Å². The van der Waals surface area contributed by atoms with Gasteiger partial charge in [0.25, 0.3) is 5.91 Å². The van der Waals surface area contributed by atoms with Crippen LogP contribution in [0.1, 0.15) is 92.4 Å². The van der Waals surface area contributed by atoms with Crippen LogP contribution < -0.4 is 24.8 Å². The SMILES string of the molecule is CC1CCC=CC2CC2(C(=O)NS(=O)(=O)C2(C)CC2)NC(=O)C2CC(Oc3ncc(OCC4CC4)c4ccccc34)CN2C(=O)C(NC(=O)OC(C)(C)C(F)(F)F)C(C)C1. The molecule has 3 heterocycles. The van der Waals surface area contributed by atoms with E-state index in [1.807, 2.05) is 37.3 Å². The average Bonchev–Trinajstić information content (AvgIpc) is 4.12. The van der Waals surface area contributed by atoms with Gasteiger partial charge in [-0.25, -0.2) is 18.2 Å². The Bertz CT molecular complexity index is 2160. The molecule has 5 aliphatic rings. The molecule has 14 nitrogen and oxygen atoms in total. The Labute approximate surface area is 347 Å². The normalized spacial score (nSPS) is 29.6. The third-order valence-electron chi connectivity index (χ3n) is 12.7. The summed E-state index contributed by atoms with van der Waals surface area (Å²) in [6.45, 7) is 6.93. The molecule has 7 atom stereocenters. The number of hydrogen-bond acceptors (Lipinski definition) is 10. The maximum absolute atomic E-state index is 14.8. The molecule has 0 bridgehead atoms. The van der Waals surface area contributed by atoms with Crippen LogP contribution in [-0.2, 0) is 29.1 Å². The third-order valence-corrected chi connectivity index (χ3v) is 14.9. The van der Waals surface area contributed by atoms with E-state index in [1.54, 1.807) is 26.1 Å². The molecule has 4 fully saturated rings. The second kappa shape index (κ2) is 16.0. The number of carbonyl (C=O) groups is 4. The number of halogens is 3. The molecular weight excluding hydrogens is 808 g/mol. The van der Waals surface area contributed by atoms with Crippen molar-refractivity contribution in [2.24, 2.45) is 23.7 Å². The number of nitrogens with zero attached hydrogens (tertiary/aromatic N) is 2. The minimum Gasteiger partial charge on any atom is -0.491 e. The van der Waals surface area contributed by atoms with Crippen molar-refractivity contribution in [1.82, 2.24) is 25.2 Å². The first-order valence-corrected chi connectivity index (χ1v) is 22.2. The van der Waals surface area contributed by atoms with Crippen molar-refractivity contribution >= 4 is 44.6 Å². The van der Waals surface area contributed by atoms with E-state index in [9.17, 15) is 40.8 Å². The van der Waals surface area contributed by atoms with Crippen molar-refractivity contribution in [3.63, 3.8) is 0 Å². The highest BCUT2D eigenvalue weighted by molar-refractivity contribution is 7.91. The van der Waals surface area contributed by atoms with Gasteiger partial charge in [-0.1, -0.05) is 44.2 Å². The lowest BCUT2D eigenvalue weighted by Gasteiger charge is -2.34. The molecule has 7 unspecified atom stereocenters. The van der Waals surface area contributed by atoms with Crippen molar-refractivity contribution in [2.45, 2.75) is 133 Å². The number of benzene rings is 1. The number of allylic oxidation sites excluding steroid dienone is 1. The predicted octanol–water partition coefficient (Wildman–Crippen LogP) is 5.69. The second-order valence-corrected chi connectivity index (χ2v) is 20.4. The summed E-state index contributed by atoms with van der Waals surface area (Å²) in [5.74, 6) is -2.37. The summed E-state index contributed by atoms with van der Waals surface area (Å²) in [4.78, 5) is 62.3.